The van der Waals surface area contributed by atoms with Crippen molar-refractivity contribution in [1.29, 1.82) is 0 Å². The van der Waals surface area contributed by atoms with Crippen molar-refractivity contribution in [3.05, 3.63) is 47.8 Å². The number of hydrogen-bond donors (Lipinski definition) is 1. The Balaban J connectivity index is 2.06. The molecule has 0 aliphatic carbocycles. The summed E-state index contributed by atoms with van der Waals surface area (Å²) in [7, 11) is 2.70. The van der Waals surface area contributed by atoms with Crippen molar-refractivity contribution in [3.8, 4) is 17.2 Å². The van der Waals surface area contributed by atoms with E-state index in [-0.39, 0.29) is 41.3 Å². The number of hydrogen-bond acceptors (Lipinski definition) is 4. The maximum absolute atomic E-state index is 14.0. The van der Waals surface area contributed by atoms with Crippen LogP contribution in [0.25, 0.3) is 0 Å². The summed E-state index contributed by atoms with van der Waals surface area (Å²) in [5.41, 5.74) is 0.0789. The highest BCUT2D eigenvalue weighted by molar-refractivity contribution is 5.91. The molecule has 2 aromatic carbocycles. The first-order valence-corrected chi connectivity index (χ1v) is 7.78. The normalized spacial score (nSPS) is 11.0. The minimum absolute atomic E-state index is 0.0208. The molecule has 0 saturated heterocycles. The van der Waals surface area contributed by atoms with E-state index in [1.165, 1.54) is 38.5 Å². The molecule has 9 heteroatoms. The number of benzene rings is 2. The first-order chi connectivity index (χ1) is 12.7. The molecule has 0 atom stereocenters. The first-order valence-electron chi connectivity index (χ1n) is 7.78. The third kappa shape index (κ3) is 5.77. The molecule has 2 rings (SSSR count). The van der Waals surface area contributed by atoms with Gasteiger partial charge in [0.15, 0.2) is 17.3 Å². The van der Waals surface area contributed by atoms with Crippen molar-refractivity contribution in [2.75, 3.05) is 19.5 Å². The number of alkyl halides is 3. The van der Waals surface area contributed by atoms with Gasteiger partial charge in [-0.2, -0.15) is 0 Å². The molecule has 0 saturated carbocycles. The summed E-state index contributed by atoms with van der Waals surface area (Å²) >= 11 is 0. The lowest BCUT2D eigenvalue weighted by Gasteiger charge is -2.14. The Morgan fingerprint density at radius 3 is 2.30 bits per heavy atom. The Morgan fingerprint density at radius 2 is 1.67 bits per heavy atom. The van der Waals surface area contributed by atoms with Crippen LogP contribution in [0.15, 0.2) is 36.4 Å². The van der Waals surface area contributed by atoms with Gasteiger partial charge in [-0.05, 0) is 18.1 Å². The standard InChI is InChI=1S/C18H17F4NO4/c1-25-15-9-12(19)13(10-16(15)26-2)23-17(24)8-7-11-5-3-4-6-14(11)27-18(20,21)22/h3-6,9-10H,7-8H2,1-2H3,(H,23,24). The van der Waals surface area contributed by atoms with Crippen LogP contribution in [-0.2, 0) is 11.2 Å². The second-order valence-corrected chi connectivity index (χ2v) is 5.39. The number of carbonyl (C=O) groups excluding carboxylic acids is 1. The molecule has 2 aromatic rings. The van der Waals surface area contributed by atoms with E-state index in [2.05, 4.69) is 10.1 Å². The molecule has 0 bridgehead atoms. The summed E-state index contributed by atoms with van der Waals surface area (Å²) in [6.07, 6.45) is -5.03. The molecule has 0 fully saturated rings. The van der Waals surface area contributed by atoms with E-state index in [1.807, 2.05) is 0 Å². The quantitative estimate of drug-likeness (QED) is 0.720. The van der Waals surface area contributed by atoms with Crippen LogP contribution in [0.1, 0.15) is 12.0 Å². The molecular weight excluding hydrogens is 370 g/mol. The molecule has 0 heterocycles. The fourth-order valence-electron chi connectivity index (χ4n) is 2.35. The van der Waals surface area contributed by atoms with E-state index in [1.54, 1.807) is 0 Å². The molecule has 0 aliphatic heterocycles. The van der Waals surface area contributed by atoms with Crippen LogP contribution in [-0.4, -0.2) is 26.5 Å². The highest BCUT2D eigenvalue weighted by atomic mass is 19.4. The highest BCUT2D eigenvalue weighted by Gasteiger charge is 2.32. The summed E-state index contributed by atoms with van der Waals surface area (Å²) < 4.78 is 65.2. The van der Waals surface area contributed by atoms with Crippen LogP contribution in [0.3, 0.4) is 0 Å². The van der Waals surface area contributed by atoms with Gasteiger partial charge in [0.1, 0.15) is 5.75 Å². The van der Waals surface area contributed by atoms with Gasteiger partial charge in [-0.3, -0.25) is 4.79 Å². The van der Waals surface area contributed by atoms with Gasteiger partial charge in [-0.1, -0.05) is 18.2 Å². The summed E-state index contributed by atoms with van der Waals surface area (Å²) in [6, 6.07) is 7.82. The first kappa shape index (κ1) is 20.3. The Hall–Kier alpha value is -2.97. The zero-order valence-electron chi connectivity index (χ0n) is 14.5. The molecule has 0 spiro atoms. The molecule has 0 aliphatic rings. The lowest BCUT2D eigenvalue weighted by Crippen LogP contribution is -2.18. The number of halogens is 4. The summed E-state index contributed by atoms with van der Waals surface area (Å²) in [5, 5.41) is 2.36. The van der Waals surface area contributed by atoms with Gasteiger partial charge in [0, 0.05) is 18.6 Å². The zero-order chi connectivity index (χ0) is 20.0. The van der Waals surface area contributed by atoms with Crippen molar-refractivity contribution >= 4 is 11.6 Å². The average Bonchev–Trinajstić information content (AvgIpc) is 2.61. The number of anilines is 1. The van der Waals surface area contributed by atoms with E-state index >= 15 is 0 Å². The minimum Gasteiger partial charge on any atom is -0.493 e. The van der Waals surface area contributed by atoms with Crippen LogP contribution in [0.2, 0.25) is 0 Å². The fourth-order valence-corrected chi connectivity index (χ4v) is 2.35. The maximum Gasteiger partial charge on any atom is 0.573 e. The average molecular weight is 387 g/mol. The number of para-hydroxylation sites is 1. The lowest BCUT2D eigenvalue weighted by molar-refractivity contribution is -0.274. The van der Waals surface area contributed by atoms with Crippen molar-refractivity contribution in [2.45, 2.75) is 19.2 Å². The second kappa shape index (κ2) is 8.61. The summed E-state index contributed by atoms with van der Waals surface area (Å²) in [6.45, 7) is 0. The molecule has 0 unspecified atom stereocenters. The second-order valence-electron chi connectivity index (χ2n) is 5.39. The van der Waals surface area contributed by atoms with E-state index in [0.717, 1.165) is 12.1 Å². The maximum atomic E-state index is 14.0. The Bertz CT molecular complexity index is 808. The number of nitrogens with one attached hydrogen (secondary N) is 1. The molecule has 1 N–H and O–H groups in total. The number of rotatable bonds is 7. The van der Waals surface area contributed by atoms with Crippen molar-refractivity contribution in [2.24, 2.45) is 0 Å². The van der Waals surface area contributed by atoms with E-state index in [4.69, 9.17) is 9.47 Å². The van der Waals surface area contributed by atoms with E-state index in [9.17, 15) is 22.4 Å². The molecule has 0 radical (unpaired) electrons. The third-order valence-corrected chi connectivity index (χ3v) is 3.57. The smallest absolute Gasteiger partial charge is 0.493 e. The number of ether oxygens (including phenoxy) is 3. The van der Waals surface area contributed by atoms with Crippen LogP contribution in [0.5, 0.6) is 17.2 Å². The third-order valence-electron chi connectivity index (χ3n) is 3.57. The van der Waals surface area contributed by atoms with Crippen LogP contribution in [0, 0.1) is 5.82 Å². The van der Waals surface area contributed by atoms with E-state index in [0.29, 0.717) is 0 Å². The molecule has 27 heavy (non-hydrogen) atoms. The van der Waals surface area contributed by atoms with Crippen LogP contribution < -0.4 is 19.5 Å². The molecule has 1 amide bonds. The zero-order valence-corrected chi connectivity index (χ0v) is 14.5. The van der Waals surface area contributed by atoms with Crippen LogP contribution in [0.4, 0.5) is 23.2 Å². The number of carbonyl (C=O) groups is 1. The largest absolute Gasteiger partial charge is 0.573 e. The van der Waals surface area contributed by atoms with Crippen molar-refractivity contribution in [3.63, 3.8) is 0 Å². The summed E-state index contributed by atoms with van der Waals surface area (Å²) in [5.74, 6) is -1.32. The number of amides is 1. The van der Waals surface area contributed by atoms with Crippen molar-refractivity contribution < 1.29 is 36.6 Å². The Labute approximate surface area is 152 Å². The molecular formula is C18H17F4NO4. The van der Waals surface area contributed by atoms with Gasteiger partial charge in [0.25, 0.3) is 0 Å². The monoisotopic (exact) mass is 387 g/mol. The molecule has 146 valence electrons. The van der Waals surface area contributed by atoms with E-state index < -0.39 is 18.1 Å². The summed E-state index contributed by atoms with van der Waals surface area (Å²) in [4.78, 5) is 12.1. The molecule has 5 nitrogen and oxygen atoms in total. The van der Waals surface area contributed by atoms with Gasteiger partial charge in [-0.25, -0.2) is 4.39 Å². The molecule has 0 aromatic heterocycles. The number of aryl methyl sites for hydroxylation is 1. The predicted octanol–water partition coefficient (Wildman–Crippen LogP) is 4.31. The Kier molecular flexibility index (Phi) is 6.49. The van der Waals surface area contributed by atoms with Crippen molar-refractivity contribution in [1.82, 2.24) is 0 Å². The lowest BCUT2D eigenvalue weighted by atomic mass is 10.1. The highest BCUT2D eigenvalue weighted by Crippen LogP contribution is 2.32. The minimum atomic E-state index is -4.83. The topological polar surface area (TPSA) is 56.8 Å². The number of methoxy groups -OCH3 is 2. The van der Waals surface area contributed by atoms with Gasteiger partial charge in [-0.15, -0.1) is 13.2 Å². The Morgan fingerprint density at radius 1 is 1.04 bits per heavy atom. The predicted molar refractivity (Wildman–Crippen MR) is 89.6 cm³/mol. The van der Waals surface area contributed by atoms with Gasteiger partial charge in [0.05, 0.1) is 19.9 Å². The fraction of sp³-hybridized carbons (Fsp3) is 0.278. The van der Waals surface area contributed by atoms with Crippen LogP contribution >= 0.6 is 0 Å². The van der Waals surface area contributed by atoms with Gasteiger partial charge in [0.2, 0.25) is 5.91 Å². The SMILES string of the molecule is COc1cc(F)c(NC(=O)CCc2ccccc2OC(F)(F)F)cc1OC. The van der Waals surface area contributed by atoms with Gasteiger partial charge >= 0.3 is 6.36 Å². The van der Waals surface area contributed by atoms with Gasteiger partial charge < -0.3 is 19.5 Å².